The monoisotopic (exact) mass is 226 g/mol. The normalized spacial score (nSPS) is 21.8. The smallest absolute Gasteiger partial charge is 0.226 e. The van der Waals surface area contributed by atoms with E-state index >= 15 is 0 Å². The fraction of sp³-hybridized carbons (Fsp3) is 0. The first-order valence-electron chi connectivity index (χ1n) is 4.96. The molecule has 2 nitrogen and oxygen atoms in total. The Morgan fingerprint density at radius 2 is 1.56 bits per heavy atom. The van der Waals surface area contributed by atoms with Gasteiger partial charge >= 0.3 is 0 Å². The van der Waals surface area contributed by atoms with Gasteiger partial charge in [0.05, 0.1) is 0 Å². The van der Waals surface area contributed by atoms with E-state index in [1.165, 1.54) is 0 Å². The third kappa shape index (κ3) is 1.32. The standard InChI is InChI=1S/C12H8BO2P/c13-16(14)12-8-4-2-6-10(12)9-5-1-3-7-11(9)15-16/h1-8H. The molecule has 2 radical (unpaired) electrons. The van der Waals surface area contributed by atoms with Gasteiger partial charge in [0, 0.05) is 10.9 Å². The molecular weight excluding hydrogens is 218 g/mol. The molecule has 0 aromatic heterocycles. The SMILES string of the molecule is [B]P1(=O)Oc2ccccc2-c2ccccc21. The first kappa shape index (κ1) is 9.74. The summed E-state index contributed by atoms with van der Waals surface area (Å²) in [5, 5.41) is 0.591. The number of benzene rings is 2. The molecule has 1 aliphatic heterocycles. The molecule has 0 bridgehead atoms. The van der Waals surface area contributed by atoms with Crippen molar-refractivity contribution in [1.82, 2.24) is 0 Å². The summed E-state index contributed by atoms with van der Waals surface area (Å²) in [4.78, 5) is 0. The molecule has 0 N–H and O–H groups in total. The minimum atomic E-state index is -3.21. The van der Waals surface area contributed by atoms with Crippen LogP contribution in [0, 0.1) is 0 Å². The van der Waals surface area contributed by atoms with Crippen LogP contribution < -0.4 is 9.83 Å². The van der Waals surface area contributed by atoms with E-state index in [2.05, 4.69) is 0 Å². The lowest BCUT2D eigenvalue weighted by Gasteiger charge is -2.26. The highest BCUT2D eigenvalue weighted by Crippen LogP contribution is 2.50. The first-order chi connectivity index (χ1) is 7.68. The molecule has 0 saturated carbocycles. The average molecular weight is 226 g/mol. The van der Waals surface area contributed by atoms with E-state index in [4.69, 9.17) is 12.1 Å². The molecule has 0 fully saturated rings. The molecule has 2 aromatic rings. The topological polar surface area (TPSA) is 26.3 Å². The summed E-state index contributed by atoms with van der Waals surface area (Å²) < 4.78 is 17.6. The molecule has 0 saturated heterocycles. The summed E-state index contributed by atoms with van der Waals surface area (Å²) in [6.45, 7) is 0. The van der Waals surface area contributed by atoms with E-state index in [0.717, 1.165) is 11.1 Å². The van der Waals surface area contributed by atoms with Crippen LogP contribution in [0.2, 0.25) is 0 Å². The molecule has 76 valence electrons. The summed E-state index contributed by atoms with van der Waals surface area (Å²) in [7, 11) is 2.53. The lowest BCUT2D eigenvalue weighted by atomic mass is 10.0. The summed E-state index contributed by atoms with van der Waals surface area (Å²) in [6.07, 6.45) is 0. The molecule has 0 aliphatic carbocycles. The number of rotatable bonds is 0. The fourth-order valence-electron chi connectivity index (χ4n) is 1.94. The Kier molecular flexibility index (Phi) is 1.99. The van der Waals surface area contributed by atoms with Crippen LogP contribution in [0.15, 0.2) is 48.5 Å². The predicted molar refractivity (Wildman–Crippen MR) is 65.5 cm³/mol. The van der Waals surface area contributed by atoms with Crippen molar-refractivity contribution < 1.29 is 9.09 Å². The van der Waals surface area contributed by atoms with Crippen LogP contribution in [0.5, 0.6) is 5.75 Å². The minimum absolute atomic E-state index is 0.590. The summed E-state index contributed by atoms with van der Waals surface area (Å²) >= 11 is 0. The average Bonchev–Trinajstić information content (AvgIpc) is 2.29. The summed E-state index contributed by atoms with van der Waals surface area (Å²) in [5.41, 5.74) is 1.84. The lowest BCUT2D eigenvalue weighted by molar-refractivity contribution is 0.507. The van der Waals surface area contributed by atoms with Gasteiger partial charge in [-0.05, 0) is 17.7 Å². The summed E-state index contributed by atoms with van der Waals surface area (Å²) in [5.74, 6) is 0.590. The third-order valence-corrected chi connectivity index (χ3v) is 4.18. The first-order valence-corrected chi connectivity index (χ1v) is 6.65. The number of hydrogen-bond donors (Lipinski definition) is 0. The molecular formula is C12H8BO2P. The van der Waals surface area contributed by atoms with Gasteiger partial charge in [0.1, 0.15) is 5.75 Å². The van der Waals surface area contributed by atoms with Crippen LogP contribution in [-0.2, 0) is 4.57 Å². The van der Waals surface area contributed by atoms with Crippen molar-refractivity contribution in [3.63, 3.8) is 0 Å². The second kappa shape index (κ2) is 3.26. The Morgan fingerprint density at radius 1 is 0.938 bits per heavy atom. The molecule has 1 aliphatic rings. The van der Waals surface area contributed by atoms with Crippen molar-refractivity contribution in [2.24, 2.45) is 0 Å². The van der Waals surface area contributed by atoms with Gasteiger partial charge in [-0.2, -0.15) is 0 Å². The van der Waals surface area contributed by atoms with Crippen molar-refractivity contribution >= 4 is 20.1 Å². The third-order valence-electron chi connectivity index (χ3n) is 2.65. The number of fused-ring (bicyclic) bond motifs is 3. The second-order valence-electron chi connectivity index (χ2n) is 3.70. The zero-order valence-corrected chi connectivity index (χ0v) is 9.35. The highest BCUT2D eigenvalue weighted by Gasteiger charge is 2.29. The van der Waals surface area contributed by atoms with E-state index in [1.807, 2.05) is 36.4 Å². The van der Waals surface area contributed by atoms with Crippen LogP contribution in [0.4, 0.5) is 0 Å². The molecule has 1 heterocycles. The quantitative estimate of drug-likeness (QED) is 0.509. The van der Waals surface area contributed by atoms with Crippen molar-refractivity contribution in [1.29, 1.82) is 0 Å². The molecule has 1 unspecified atom stereocenters. The van der Waals surface area contributed by atoms with Gasteiger partial charge in [-0.25, -0.2) is 0 Å². The van der Waals surface area contributed by atoms with Gasteiger partial charge in [0.15, 0.2) is 0 Å². The Labute approximate surface area is 95.1 Å². The maximum Gasteiger partial charge on any atom is 0.226 e. The maximum atomic E-state index is 12.2. The van der Waals surface area contributed by atoms with Crippen LogP contribution in [0.25, 0.3) is 11.1 Å². The predicted octanol–water partition coefficient (Wildman–Crippen LogP) is 2.73. The van der Waals surface area contributed by atoms with Crippen molar-refractivity contribution in [2.45, 2.75) is 0 Å². The van der Waals surface area contributed by atoms with Crippen molar-refractivity contribution in [2.75, 3.05) is 0 Å². The zero-order chi connectivity index (χ0) is 11.2. The van der Waals surface area contributed by atoms with Crippen LogP contribution in [0.1, 0.15) is 0 Å². The van der Waals surface area contributed by atoms with Crippen molar-refractivity contribution in [3.8, 4) is 16.9 Å². The van der Waals surface area contributed by atoms with E-state index < -0.39 is 7.25 Å². The molecule has 4 heteroatoms. The van der Waals surface area contributed by atoms with Gasteiger partial charge in [-0.15, -0.1) is 0 Å². The van der Waals surface area contributed by atoms with Gasteiger partial charge in [0.2, 0.25) is 14.8 Å². The Morgan fingerprint density at radius 3 is 2.38 bits per heavy atom. The maximum absolute atomic E-state index is 12.2. The summed E-state index contributed by atoms with van der Waals surface area (Å²) in [6, 6.07) is 14.9. The molecule has 16 heavy (non-hydrogen) atoms. The molecule has 0 spiro atoms. The fourth-order valence-corrected chi connectivity index (χ4v) is 3.31. The molecule has 3 rings (SSSR count). The highest BCUT2D eigenvalue weighted by molar-refractivity contribution is 7.90. The molecule has 1 atom stereocenters. The van der Waals surface area contributed by atoms with Gasteiger partial charge in [-0.1, -0.05) is 36.4 Å². The van der Waals surface area contributed by atoms with Crippen LogP contribution >= 0.6 is 7.25 Å². The van der Waals surface area contributed by atoms with E-state index in [0.29, 0.717) is 11.1 Å². The Bertz CT molecular complexity index is 609. The second-order valence-corrected chi connectivity index (χ2v) is 5.56. The van der Waals surface area contributed by atoms with Gasteiger partial charge < -0.3 is 4.52 Å². The largest absolute Gasteiger partial charge is 0.447 e. The Hall–Kier alpha value is -1.47. The number of hydrogen-bond acceptors (Lipinski definition) is 2. The van der Waals surface area contributed by atoms with Gasteiger partial charge in [0.25, 0.3) is 0 Å². The molecule has 2 aromatic carbocycles. The van der Waals surface area contributed by atoms with E-state index in [1.54, 1.807) is 12.1 Å². The Balaban J connectivity index is 2.38. The van der Waals surface area contributed by atoms with Crippen LogP contribution in [0.3, 0.4) is 0 Å². The highest BCUT2D eigenvalue weighted by atomic mass is 31.2. The van der Waals surface area contributed by atoms with Crippen LogP contribution in [-0.4, -0.2) is 7.57 Å². The minimum Gasteiger partial charge on any atom is -0.447 e. The van der Waals surface area contributed by atoms with E-state index in [-0.39, 0.29) is 0 Å². The van der Waals surface area contributed by atoms with Gasteiger partial charge in [-0.3, -0.25) is 4.57 Å². The lowest BCUT2D eigenvalue weighted by Crippen LogP contribution is -2.17. The molecule has 0 amide bonds. The zero-order valence-electron chi connectivity index (χ0n) is 8.46. The van der Waals surface area contributed by atoms with Crippen molar-refractivity contribution in [3.05, 3.63) is 48.5 Å². The van der Waals surface area contributed by atoms with E-state index in [9.17, 15) is 4.57 Å². The number of para-hydroxylation sites is 1.